The van der Waals surface area contributed by atoms with Crippen LogP contribution in [0.4, 0.5) is 0 Å². The normalized spacial score (nSPS) is 12.0. The second-order valence-corrected chi connectivity index (χ2v) is 11.6. The minimum Gasteiger partial charge on any atom is -0.294 e. The second kappa shape index (κ2) is 9.18. The Morgan fingerprint density at radius 2 is 1.04 bits per heavy atom. The highest BCUT2D eigenvalue weighted by Crippen LogP contribution is 2.50. The molecule has 0 radical (unpaired) electrons. The Morgan fingerprint density at radius 3 is 1.82 bits per heavy atom. The third-order valence-electron chi connectivity index (χ3n) is 9.09. The molecule has 0 unspecified atom stereocenters. The van der Waals surface area contributed by atoms with Crippen LogP contribution in [0.25, 0.3) is 94.3 Å². The first-order valence-electron chi connectivity index (χ1n) is 15.2. The van der Waals surface area contributed by atoms with Gasteiger partial charge in [0.25, 0.3) is 0 Å². The van der Waals surface area contributed by atoms with Crippen LogP contribution in [-0.2, 0) is 0 Å². The molecule has 0 saturated carbocycles. The third kappa shape index (κ3) is 3.51. The molecule has 0 aliphatic heterocycles. The van der Waals surface area contributed by atoms with Crippen LogP contribution >= 0.6 is 0 Å². The molecule has 0 N–H and O–H groups in total. The Morgan fingerprint density at radius 1 is 0.400 bits per heavy atom. The zero-order valence-corrected chi connectivity index (χ0v) is 24.1. The molecule has 3 aromatic heterocycles. The summed E-state index contributed by atoms with van der Waals surface area (Å²) < 4.78 is 2.33. The molecule has 0 amide bonds. The van der Waals surface area contributed by atoms with E-state index in [2.05, 4.69) is 120 Å². The molecule has 0 bridgehead atoms. The molecule has 45 heavy (non-hydrogen) atoms. The summed E-state index contributed by atoms with van der Waals surface area (Å²) in [5, 5.41) is 4.85. The quantitative estimate of drug-likeness (QED) is 0.212. The number of pyridine rings is 1. The van der Waals surface area contributed by atoms with Crippen molar-refractivity contribution >= 4 is 43.6 Å². The van der Waals surface area contributed by atoms with Gasteiger partial charge in [-0.2, -0.15) is 0 Å². The zero-order chi connectivity index (χ0) is 29.5. The van der Waals surface area contributed by atoms with Crippen LogP contribution in [0.3, 0.4) is 0 Å². The van der Waals surface area contributed by atoms with E-state index in [9.17, 15) is 0 Å². The van der Waals surface area contributed by atoms with Gasteiger partial charge < -0.3 is 0 Å². The van der Waals surface area contributed by atoms with E-state index in [0.29, 0.717) is 0 Å². The maximum absolute atomic E-state index is 5.34. The molecular formula is C41H24N4. The fourth-order valence-corrected chi connectivity index (χ4v) is 7.13. The van der Waals surface area contributed by atoms with E-state index in [1.807, 2.05) is 30.3 Å². The van der Waals surface area contributed by atoms with Gasteiger partial charge in [0.1, 0.15) is 5.82 Å². The Kier molecular flexibility index (Phi) is 4.96. The molecular weight excluding hydrogens is 548 g/mol. The van der Waals surface area contributed by atoms with Gasteiger partial charge in [0.2, 0.25) is 0 Å². The van der Waals surface area contributed by atoms with Gasteiger partial charge >= 0.3 is 0 Å². The van der Waals surface area contributed by atoms with Gasteiger partial charge in [-0.1, -0.05) is 109 Å². The van der Waals surface area contributed by atoms with Gasteiger partial charge in [-0.25, -0.2) is 15.0 Å². The van der Waals surface area contributed by atoms with Crippen molar-refractivity contribution in [1.82, 2.24) is 19.5 Å². The van der Waals surface area contributed by atoms with Crippen molar-refractivity contribution in [2.75, 3.05) is 0 Å². The van der Waals surface area contributed by atoms with Crippen molar-refractivity contribution in [2.45, 2.75) is 0 Å². The van der Waals surface area contributed by atoms with Crippen LogP contribution in [0.1, 0.15) is 0 Å². The van der Waals surface area contributed by atoms with E-state index < -0.39 is 0 Å². The van der Waals surface area contributed by atoms with E-state index in [4.69, 9.17) is 15.0 Å². The number of hydrogen-bond donors (Lipinski definition) is 0. The van der Waals surface area contributed by atoms with Gasteiger partial charge in [-0.15, -0.1) is 0 Å². The molecule has 1 aliphatic carbocycles. The number of fused-ring (bicyclic) bond motifs is 8. The van der Waals surface area contributed by atoms with Gasteiger partial charge in [-0.05, 0) is 52.9 Å². The van der Waals surface area contributed by atoms with E-state index in [0.717, 1.165) is 72.8 Å². The lowest BCUT2D eigenvalue weighted by atomic mass is 9.99. The average Bonchev–Trinajstić information content (AvgIpc) is 3.61. The third-order valence-corrected chi connectivity index (χ3v) is 9.09. The first kappa shape index (κ1) is 24.3. The van der Waals surface area contributed by atoms with Crippen molar-refractivity contribution in [2.24, 2.45) is 0 Å². The first-order valence-corrected chi connectivity index (χ1v) is 15.2. The summed E-state index contributed by atoms with van der Waals surface area (Å²) in [7, 11) is 0. The van der Waals surface area contributed by atoms with E-state index in [-0.39, 0.29) is 0 Å². The fraction of sp³-hybridized carbons (Fsp3) is 0. The van der Waals surface area contributed by atoms with E-state index in [1.54, 1.807) is 0 Å². The fourth-order valence-electron chi connectivity index (χ4n) is 7.13. The Bertz CT molecular complexity index is 2580. The zero-order valence-electron chi connectivity index (χ0n) is 24.1. The van der Waals surface area contributed by atoms with Crippen LogP contribution in [0.15, 0.2) is 146 Å². The molecule has 4 nitrogen and oxygen atoms in total. The van der Waals surface area contributed by atoms with Crippen molar-refractivity contribution in [3.05, 3.63) is 146 Å². The minimum absolute atomic E-state index is 0.881. The summed E-state index contributed by atoms with van der Waals surface area (Å²) in [6.45, 7) is 0. The van der Waals surface area contributed by atoms with Gasteiger partial charge in [0.15, 0.2) is 0 Å². The number of para-hydroxylation sites is 3. The predicted molar refractivity (Wildman–Crippen MR) is 184 cm³/mol. The molecule has 1 aliphatic rings. The van der Waals surface area contributed by atoms with Crippen molar-refractivity contribution in [3.8, 4) is 50.7 Å². The van der Waals surface area contributed by atoms with Crippen molar-refractivity contribution in [1.29, 1.82) is 0 Å². The topological polar surface area (TPSA) is 43.6 Å². The van der Waals surface area contributed by atoms with Crippen LogP contribution < -0.4 is 0 Å². The highest BCUT2D eigenvalue weighted by Gasteiger charge is 2.28. The predicted octanol–water partition coefficient (Wildman–Crippen LogP) is 10.3. The van der Waals surface area contributed by atoms with Crippen LogP contribution in [0.2, 0.25) is 0 Å². The summed E-state index contributed by atoms with van der Waals surface area (Å²) >= 11 is 0. The van der Waals surface area contributed by atoms with Crippen LogP contribution in [-0.4, -0.2) is 19.5 Å². The second-order valence-electron chi connectivity index (χ2n) is 11.6. The maximum Gasteiger partial charge on any atom is 0.138 e. The Labute approximate surface area is 258 Å². The molecule has 0 spiro atoms. The average molecular weight is 573 g/mol. The SMILES string of the molecule is c1ccc(-c2cc(-c3ccccc3)nc(-n3c4ccccc4c4c5cccc6c5c(cc43)-c3nc4ccccc4nc3-6)c2)cc1. The lowest BCUT2D eigenvalue weighted by Gasteiger charge is -2.13. The summed E-state index contributed by atoms with van der Waals surface area (Å²) in [5.74, 6) is 0.881. The van der Waals surface area contributed by atoms with Crippen LogP contribution in [0, 0.1) is 0 Å². The summed E-state index contributed by atoms with van der Waals surface area (Å²) in [6.07, 6.45) is 0. The summed E-state index contributed by atoms with van der Waals surface area (Å²) in [6, 6.07) is 51.1. The van der Waals surface area contributed by atoms with Crippen LogP contribution in [0.5, 0.6) is 0 Å². The molecule has 0 atom stereocenters. The largest absolute Gasteiger partial charge is 0.294 e. The number of hydrogen-bond acceptors (Lipinski definition) is 3. The standard InChI is InChI=1S/C41H24N4/c1-3-12-25(13-4-1)27-22-34(26-14-5-2-6-15-26)42-37(23-27)45-35-21-10-7-16-28(35)39-29-17-11-18-30-38(29)31(24-36(39)45)41-40(30)43-32-19-8-9-20-33(32)44-41/h1-24H. The lowest BCUT2D eigenvalue weighted by molar-refractivity contribution is 1.08. The highest BCUT2D eigenvalue weighted by molar-refractivity contribution is 6.28. The molecule has 3 heterocycles. The number of aromatic nitrogens is 4. The Hall–Kier alpha value is -6.13. The number of rotatable bonds is 3. The molecule has 10 rings (SSSR count). The first-order chi connectivity index (χ1) is 22.3. The summed E-state index contributed by atoms with van der Waals surface area (Å²) in [4.78, 5) is 15.6. The molecule has 6 aromatic carbocycles. The Balaban J connectivity index is 1.34. The molecule has 0 fully saturated rings. The summed E-state index contributed by atoms with van der Waals surface area (Å²) in [5.41, 5.74) is 12.5. The van der Waals surface area contributed by atoms with E-state index >= 15 is 0 Å². The lowest BCUT2D eigenvalue weighted by Crippen LogP contribution is -2.00. The van der Waals surface area contributed by atoms with Crippen molar-refractivity contribution < 1.29 is 0 Å². The number of benzene rings is 6. The van der Waals surface area contributed by atoms with E-state index in [1.165, 1.54) is 21.5 Å². The smallest absolute Gasteiger partial charge is 0.138 e. The van der Waals surface area contributed by atoms with Gasteiger partial charge in [0.05, 0.1) is 39.1 Å². The molecule has 4 heteroatoms. The monoisotopic (exact) mass is 572 g/mol. The van der Waals surface area contributed by atoms with Crippen molar-refractivity contribution in [3.63, 3.8) is 0 Å². The van der Waals surface area contributed by atoms with Gasteiger partial charge in [0, 0.05) is 32.8 Å². The molecule has 208 valence electrons. The highest BCUT2D eigenvalue weighted by atomic mass is 15.1. The number of nitrogens with zero attached hydrogens (tertiary/aromatic N) is 4. The van der Waals surface area contributed by atoms with Gasteiger partial charge in [-0.3, -0.25) is 4.57 Å². The molecule has 9 aromatic rings. The molecule has 0 saturated heterocycles. The minimum atomic E-state index is 0.881. The maximum atomic E-state index is 5.34.